The normalized spacial score (nSPS) is 22.7. The highest BCUT2D eigenvalue weighted by atomic mass is 32.1. The first-order valence-electron chi connectivity index (χ1n) is 9.19. The van der Waals surface area contributed by atoms with Crippen LogP contribution in [0.1, 0.15) is 16.5 Å². The number of pyridine rings is 1. The third kappa shape index (κ3) is 3.58. The Kier molecular flexibility index (Phi) is 5.52. The lowest BCUT2D eigenvalue weighted by Gasteiger charge is -2.30. The maximum absolute atomic E-state index is 12.8. The second kappa shape index (κ2) is 8.22. The van der Waals surface area contributed by atoms with Crippen LogP contribution in [-0.4, -0.2) is 71.0 Å². The predicted molar refractivity (Wildman–Crippen MR) is 105 cm³/mol. The van der Waals surface area contributed by atoms with Gasteiger partial charge in [0.2, 0.25) is 0 Å². The molecule has 7 nitrogen and oxygen atoms in total. The number of Topliss-reactive ketones (excluding diaryl/α,β-unsaturated/α-hetero) is 1. The van der Waals surface area contributed by atoms with Gasteiger partial charge in [-0.05, 0) is 23.6 Å². The molecule has 1 atom stereocenters. The monoisotopic (exact) mass is 399 g/mol. The maximum atomic E-state index is 12.8. The average molecular weight is 399 g/mol. The Morgan fingerprint density at radius 2 is 1.93 bits per heavy atom. The molecule has 28 heavy (non-hydrogen) atoms. The van der Waals surface area contributed by atoms with Crippen molar-refractivity contribution in [2.45, 2.75) is 6.04 Å². The van der Waals surface area contributed by atoms with Crippen LogP contribution < -0.4 is 0 Å². The summed E-state index contributed by atoms with van der Waals surface area (Å²) >= 11 is 1.47. The summed E-state index contributed by atoms with van der Waals surface area (Å²) in [6, 6.07) is 6.45. The molecule has 0 aromatic carbocycles. The number of rotatable bonds is 5. The topological polar surface area (TPSA) is 83.0 Å². The number of ether oxygens (including phenoxy) is 1. The zero-order valence-corrected chi connectivity index (χ0v) is 16.1. The molecule has 2 saturated heterocycles. The molecule has 2 fully saturated rings. The fourth-order valence-corrected chi connectivity index (χ4v) is 4.44. The second-order valence-corrected chi connectivity index (χ2v) is 7.68. The van der Waals surface area contributed by atoms with Gasteiger partial charge in [-0.25, -0.2) is 0 Å². The van der Waals surface area contributed by atoms with Crippen LogP contribution >= 0.6 is 11.3 Å². The summed E-state index contributed by atoms with van der Waals surface area (Å²) < 4.78 is 5.37. The van der Waals surface area contributed by atoms with E-state index in [1.165, 1.54) is 11.3 Å². The van der Waals surface area contributed by atoms with Crippen molar-refractivity contribution >= 4 is 28.8 Å². The molecule has 1 amide bonds. The number of morpholine rings is 1. The first-order valence-corrected chi connectivity index (χ1v) is 10.1. The third-order valence-corrected chi connectivity index (χ3v) is 5.99. The molecule has 1 N–H and O–H groups in total. The molecule has 0 aliphatic carbocycles. The standard InChI is InChI=1S/C20H21N3O4S/c24-18(14-3-5-21-6-4-14)16-17(15-2-1-13-28-15)23(20(26)19(16)25)8-7-22-9-11-27-12-10-22/h1-6,13,17,24H,7-12H2/b18-16+/t17-/m1/s1. The molecule has 0 radical (unpaired) electrons. The number of nitrogens with zero attached hydrogens (tertiary/aromatic N) is 3. The Labute approximate surface area is 166 Å². The molecular weight excluding hydrogens is 378 g/mol. The molecule has 4 rings (SSSR count). The first-order chi connectivity index (χ1) is 13.7. The van der Waals surface area contributed by atoms with E-state index in [2.05, 4.69) is 9.88 Å². The summed E-state index contributed by atoms with van der Waals surface area (Å²) in [6.07, 6.45) is 3.09. The van der Waals surface area contributed by atoms with Crippen molar-refractivity contribution in [1.82, 2.24) is 14.8 Å². The van der Waals surface area contributed by atoms with Gasteiger partial charge in [0.1, 0.15) is 5.76 Å². The highest BCUT2D eigenvalue weighted by Gasteiger charge is 2.46. The van der Waals surface area contributed by atoms with Crippen LogP contribution in [0.2, 0.25) is 0 Å². The maximum Gasteiger partial charge on any atom is 0.295 e. The molecule has 0 spiro atoms. The number of likely N-dealkylation sites (tertiary alicyclic amines) is 1. The Hall–Kier alpha value is -2.55. The molecule has 2 aliphatic rings. The predicted octanol–water partition coefficient (Wildman–Crippen LogP) is 1.90. The van der Waals surface area contributed by atoms with Gasteiger partial charge >= 0.3 is 0 Å². The van der Waals surface area contributed by atoms with Gasteiger partial charge < -0.3 is 14.7 Å². The van der Waals surface area contributed by atoms with Gasteiger partial charge in [-0.3, -0.25) is 19.5 Å². The number of carbonyl (C=O) groups is 2. The fourth-order valence-electron chi connectivity index (χ4n) is 3.59. The lowest BCUT2D eigenvalue weighted by Crippen LogP contribution is -2.42. The zero-order chi connectivity index (χ0) is 19.5. The van der Waals surface area contributed by atoms with E-state index in [1.54, 1.807) is 29.4 Å². The van der Waals surface area contributed by atoms with Gasteiger partial charge in [0.25, 0.3) is 11.7 Å². The highest BCUT2D eigenvalue weighted by molar-refractivity contribution is 7.10. The van der Waals surface area contributed by atoms with Crippen molar-refractivity contribution in [3.63, 3.8) is 0 Å². The number of ketones is 1. The van der Waals surface area contributed by atoms with Crippen LogP contribution in [0.15, 0.2) is 47.6 Å². The van der Waals surface area contributed by atoms with Gasteiger partial charge in [0.05, 0.1) is 24.8 Å². The Bertz CT molecular complexity index is 876. The van der Waals surface area contributed by atoms with Crippen LogP contribution in [-0.2, 0) is 14.3 Å². The fraction of sp³-hybridized carbons (Fsp3) is 0.350. The van der Waals surface area contributed by atoms with Gasteiger partial charge in [-0.2, -0.15) is 0 Å². The Morgan fingerprint density at radius 3 is 2.61 bits per heavy atom. The molecule has 2 aromatic rings. The van der Waals surface area contributed by atoms with E-state index >= 15 is 0 Å². The van der Waals surface area contributed by atoms with Gasteiger partial charge in [0, 0.05) is 49.0 Å². The van der Waals surface area contributed by atoms with E-state index < -0.39 is 17.7 Å². The van der Waals surface area contributed by atoms with Crippen molar-refractivity contribution < 1.29 is 19.4 Å². The summed E-state index contributed by atoms with van der Waals surface area (Å²) in [5.41, 5.74) is 0.614. The number of thiophene rings is 1. The van der Waals surface area contributed by atoms with E-state index in [4.69, 9.17) is 4.74 Å². The van der Waals surface area contributed by atoms with Crippen LogP contribution in [0.25, 0.3) is 5.76 Å². The summed E-state index contributed by atoms with van der Waals surface area (Å²) in [5.74, 6) is -1.37. The largest absolute Gasteiger partial charge is 0.507 e. The quantitative estimate of drug-likeness (QED) is 0.470. The van der Waals surface area contributed by atoms with Gasteiger partial charge in [0.15, 0.2) is 0 Å². The minimum Gasteiger partial charge on any atom is -0.507 e. The third-order valence-electron chi connectivity index (χ3n) is 5.07. The Morgan fingerprint density at radius 1 is 1.18 bits per heavy atom. The van der Waals surface area contributed by atoms with Crippen molar-refractivity contribution in [2.75, 3.05) is 39.4 Å². The van der Waals surface area contributed by atoms with Crippen LogP contribution in [0.5, 0.6) is 0 Å². The van der Waals surface area contributed by atoms with E-state index in [1.807, 2.05) is 17.5 Å². The Balaban J connectivity index is 1.68. The summed E-state index contributed by atoms with van der Waals surface area (Å²) in [4.78, 5) is 34.2. The molecule has 8 heteroatoms. The molecular formula is C20H21N3O4S. The van der Waals surface area contributed by atoms with Crippen LogP contribution in [0, 0.1) is 0 Å². The van der Waals surface area contributed by atoms with Crippen LogP contribution in [0.4, 0.5) is 0 Å². The van der Waals surface area contributed by atoms with Crippen LogP contribution in [0.3, 0.4) is 0 Å². The molecule has 4 heterocycles. The minimum atomic E-state index is -0.644. The van der Waals surface area contributed by atoms with Crippen molar-refractivity contribution in [3.8, 4) is 0 Å². The van der Waals surface area contributed by atoms with Crippen molar-refractivity contribution in [1.29, 1.82) is 0 Å². The first kappa shape index (κ1) is 18.8. The number of hydrogen-bond donors (Lipinski definition) is 1. The molecule has 2 aliphatic heterocycles. The van der Waals surface area contributed by atoms with Crippen molar-refractivity contribution in [2.24, 2.45) is 0 Å². The molecule has 0 saturated carbocycles. The number of amides is 1. The smallest absolute Gasteiger partial charge is 0.295 e. The number of hydrogen-bond acceptors (Lipinski definition) is 7. The molecule has 146 valence electrons. The highest BCUT2D eigenvalue weighted by Crippen LogP contribution is 2.40. The molecule has 2 aromatic heterocycles. The summed E-state index contributed by atoms with van der Waals surface area (Å²) in [6.45, 7) is 4.05. The SMILES string of the molecule is O=C1C(=O)N(CCN2CCOCC2)[C@H](c2cccs2)/C1=C(\O)c1ccncc1. The number of aromatic nitrogens is 1. The second-order valence-electron chi connectivity index (χ2n) is 6.70. The van der Waals surface area contributed by atoms with Crippen molar-refractivity contribution in [3.05, 3.63) is 58.1 Å². The van der Waals surface area contributed by atoms with E-state index in [0.717, 1.165) is 18.0 Å². The minimum absolute atomic E-state index is 0.139. The number of aliphatic hydroxyl groups is 1. The van der Waals surface area contributed by atoms with Gasteiger partial charge in [-0.15, -0.1) is 11.3 Å². The van der Waals surface area contributed by atoms with E-state index in [0.29, 0.717) is 31.9 Å². The van der Waals surface area contributed by atoms with E-state index in [-0.39, 0.29) is 11.3 Å². The zero-order valence-electron chi connectivity index (χ0n) is 15.3. The lowest BCUT2D eigenvalue weighted by atomic mass is 10.0. The molecule has 0 bridgehead atoms. The number of aliphatic hydroxyl groups excluding tert-OH is 1. The number of carbonyl (C=O) groups excluding carboxylic acids is 2. The lowest BCUT2D eigenvalue weighted by molar-refractivity contribution is -0.140. The summed E-state index contributed by atoms with van der Waals surface area (Å²) in [7, 11) is 0. The summed E-state index contributed by atoms with van der Waals surface area (Å²) in [5, 5.41) is 12.7. The average Bonchev–Trinajstić information content (AvgIpc) is 3.35. The van der Waals surface area contributed by atoms with Gasteiger partial charge in [-0.1, -0.05) is 6.07 Å². The van der Waals surface area contributed by atoms with E-state index in [9.17, 15) is 14.7 Å². The molecule has 0 unspecified atom stereocenters.